The minimum Gasteiger partial charge on any atom is -0.468 e. The summed E-state index contributed by atoms with van der Waals surface area (Å²) in [6, 6.07) is 5.97. The van der Waals surface area contributed by atoms with Crippen LogP contribution in [-0.4, -0.2) is 13.9 Å². The molecule has 3 heteroatoms. The Morgan fingerprint density at radius 2 is 2.17 bits per heavy atom. The van der Waals surface area contributed by atoms with Crippen molar-refractivity contribution in [3.63, 3.8) is 0 Å². The van der Waals surface area contributed by atoms with Gasteiger partial charge in [-0.1, -0.05) is 0 Å². The highest BCUT2D eigenvalue weighted by atomic mass is 127. The summed E-state index contributed by atoms with van der Waals surface area (Å²) in [5.41, 5.74) is 1.23. The van der Waals surface area contributed by atoms with Crippen LogP contribution in [0.2, 0.25) is 0 Å². The highest BCUT2D eigenvalue weighted by Crippen LogP contribution is 2.18. The van der Waals surface area contributed by atoms with Crippen molar-refractivity contribution in [3.8, 4) is 5.75 Å². The van der Waals surface area contributed by atoms with Gasteiger partial charge in [-0.15, -0.1) is 0 Å². The average Bonchev–Trinajstić information content (AvgIpc) is 2.07. The fraction of sp³-hybridized carbons (Fsp3) is 0.333. The predicted octanol–water partition coefficient (Wildman–Crippen LogP) is 2.58. The number of ether oxygens (including phenoxy) is 2. The summed E-state index contributed by atoms with van der Waals surface area (Å²) in [6.07, 6.45) is 0. The SMILES string of the molecule is COCOc1ccc(I)c(C)c1. The van der Waals surface area contributed by atoms with E-state index in [0.29, 0.717) is 6.79 Å². The molecule has 0 aliphatic rings. The van der Waals surface area contributed by atoms with Crippen LogP contribution in [-0.2, 0) is 4.74 Å². The molecule has 0 aliphatic carbocycles. The number of hydrogen-bond donors (Lipinski definition) is 0. The van der Waals surface area contributed by atoms with Crippen molar-refractivity contribution in [2.24, 2.45) is 0 Å². The normalized spacial score (nSPS) is 9.92. The number of rotatable bonds is 3. The Bertz CT molecular complexity index is 261. The van der Waals surface area contributed by atoms with Gasteiger partial charge < -0.3 is 9.47 Å². The Balaban J connectivity index is 2.69. The second-order valence-electron chi connectivity index (χ2n) is 2.46. The number of aryl methyl sites for hydroxylation is 1. The maximum absolute atomic E-state index is 5.27. The monoisotopic (exact) mass is 278 g/mol. The first kappa shape index (κ1) is 9.80. The van der Waals surface area contributed by atoms with E-state index in [4.69, 9.17) is 9.47 Å². The van der Waals surface area contributed by atoms with Crippen LogP contribution in [0.3, 0.4) is 0 Å². The fourth-order valence-corrected chi connectivity index (χ4v) is 1.17. The van der Waals surface area contributed by atoms with Gasteiger partial charge in [-0.25, -0.2) is 0 Å². The van der Waals surface area contributed by atoms with Gasteiger partial charge in [-0.3, -0.25) is 0 Å². The quantitative estimate of drug-likeness (QED) is 0.625. The lowest BCUT2D eigenvalue weighted by Gasteiger charge is -2.05. The molecule has 0 unspecified atom stereocenters. The molecule has 0 bridgehead atoms. The zero-order valence-electron chi connectivity index (χ0n) is 7.13. The molecule has 0 radical (unpaired) electrons. The van der Waals surface area contributed by atoms with E-state index < -0.39 is 0 Å². The standard InChI is InChI=1S/C9H11IO2/c1-7-5-8(12-6-11-2)3-4-9(7)10/h3-5H,6H2,1-2H3. The average molecular weight is 278 g/mol. The first-order chi connectivity index (χ1) is 5.74. The lowest BCUT2D eigenvalue weighted by atomic mass is 10.2. The summed E-state index contributed by atoms with van der Waals surface area (Å²) in [5, 5.41) is 0. The first-order valence-electron chi connectivity index (χ1n) is 3.62. The smallest absolute Gasteiger partial charge is 0.188 e. The summed E-state index contributed by atoms with van der Waals surface area (Å²) >= 11 is 2.29. The minimum atomic E-state index is 0.306. The molecular weight excluding hydrogens is 267 g/mol. The summed E-state index contributed by atoms with van der Waals surface area (Å²) in [5.74, 6) is 0.856. The molecule has 0 fully saturated rings. The summed E-state index contributed by atoms with van der Waals surface area (Å²) < 4.78 is 11.3. The number of hydrogen-bond acceptors (Lipinski definition) is 2. The highest BCUT2D eigenvalue weighted by Gasteiger charge is 1.96. The summed E-state index contributed by atoms with van der Waals surface area (Å²) in [7, 11) is 1.61. The Labute approximate surface area is 86.0 Å². The Morgan fingerprint density at radius 3 is 2.75 bits per heavy atom. The number of methoxy groups -OCH3 is 1. The van der Waals surface area contributed by atoms with Crippen LogP contribution in [0.5, 0.6) is 5.75 Å². The first-order valence-corrected chi connectivity index (χ1v) is 4.70. The molecule has 1 aromatic rings. The summed E-state index contributed by atoms with van der Waals surface area (Å²) in [4.78, 5) is 0. The Kier molecular flexibility index (Phi) is 3.81. The van der Waals surface area contributed by atoms with E-state index in [-0.39, 0.29) is 0 Å². The molecule has 12 heavy (non-hydrogen) atoms. The minimum absolute atomic E-state index is 0.306. The second kappa shape index (κ2) is 4.67. The zero-order chi connectivity index (χ0) is 8.97. The lowest BCUT2D eigenvalue weighted by Crippen LogP contribution is -1.98. The third-order valence-electron chi connectivity index (χ3n) is 1.47. The van der Waals surface area contributed by atoms with E-state index in [0.717, 1.165) is 5.75 Å². The largest absolute Gasteiger partial charge is 0.468 e. The van der Waals surface area contributed by atoms with Crippen LogP contribution in [0.15, 0.2) is 18.2 Å². The molecule has 1 rings (SSSR count). The highest BCUT2D eigenvalue weighted by molar-refractivity contribution is 14.1. The van der Waals surface area contributed by atoms with Crippen LogP contribution in [0.4, 0.5) is 0 Å². The van der Waals surface area contributed by atoms with Gasteiger partial charge in [-0.2, -0.15) is 0 Å². The molecule has 0 aromatic heterocycles. The third-order valence-corrected chi connectivity index (χ3v) is 2.68. The van der Waals surface area contributed by atoms with Gasteiger partial charge in [0.15, 0.2) is 6.79 Å². The topological polar surface area (TPSA) is 18.5 Å². The predicted molar refractivity (Wildman–Crippen MR) is 56.4 cm³/mol. The van der Waals surface area contributed by atoms with Crippen LogP contribution in [0.25, 0.3) is 0 Å². The molecule has 0 N–H and O–H groups in total. The van der Waals surface area contributed by atoms with Crippen molar-refractivity contribution in [2.75, 3.05) is 13.9 Å². The van der Waals surface area contributed by atoms with Crippen molar-refractivity contribution in [1.29, 1.82) is 0 Å². The zero-order valence-corrected chi connectivity index (χ0v) is 9.29. The van der Waals surface area contributed by atoms with Crippen LogP contribution < -0.4 is 4.74 Å². The molecule has 66 valence electrons. The van der Waals surface area contributed by atoms with E-state index in [1.807, 2.05) is 18.2 Å². The van der Waals surface area contributed by atoms with Crippen molar-refractivity contribution in [3.05, 3.63) is 27.3 Å². The molecule has 0 aliphatic heterocycles. The van der Waals surface area contributed by atoms with Gasteiger partial charge in [0.1, 0.15) is 5.75 Å². The molecule has 0 heterocycles. The van der Waals surface area contributed by atoms with Gasteiger partial charge in [0, 0.05) is 10.7 Å². The van der Waals surface area contributed by atoms with E-state index in [1.165, 1.54) is 9.13 Å². The van der Waals surface area contributed by atoms with Crippen LogP contribution in [0.1, 0.15) is 5.56 Å². The molecule has 0 amide bonds. The Morgan fingerprint density at radius 1 is 1.42 bits per heavy atom. The van der Waals surface area contributed by atoms with Crippen molar-refractivity contribution in [1.82, 2.24) is 0 Å². The van der Waals surface area contributed by atoms with E-state index in [1.54, 1.807) is 7.11 Å². The molecule has 0 saturated carbocycles. The van der Waals surface area contributed by atoms with Crippen LogP contribution in [0, 0.1) is 10.5 Å². The van der Waals surface area contributed by atoms with Crippen molar-refractivity contribution >= 4 is 22.6 Å². The van der Waals surface area contributed by atoms with E-state index >= 15 is 0 Å². The van der Waals surface area contributed by atoms with Crippen LogP contribution >= 0.6 is 22.6 Å². The second-order valence-corrected chi connectivity index (χ2v) is 3.62. The van der Waals surface area contributed by atoms with Gasteiger partial charge in [0.2, 0.25) is 0 Å². The van der Waals surface area contributed by atoms with Crippen molar-refractivity contribution < 1.29 is 9.47 Å². The molecule has 0 saturated heterocycles. The number of halogens is 1. The Hall–Kier alpha value is -0.290. The molecular formula is C9H11IO2. The summed E-state index contributed by atoms with van der Waals surface area (Å²) in [6.45, 7) is 2.36. The van der Waals surface area contributed by atoms with E-state index in [2.05, 4.69) is 29.5 Å². The van der Waals surface area contributed by atoms with Gasteiger partial charge in [0.05, 0.1) is 0 Å². The molecule has 1 aromatic carbocycles. The van der Waals surface area contributed by atoms with Gasteiger partial charge in [-0.05, 0) is 53.3 Å². The maximum Gasteiger partial charge on any atom is 0.188 e. The fourth-order valence-electron chi connectivity index (χ4n) is 0.834. The maximum atomic E-state index is 5.27. The number of benzene rings is 1. The molecule has 0 spiro atoms. The molecule has 2 nitrogen and oxygen atoms in total. The molecule has 0 atom stereocenters. The van der Waals surface area contributed by atoms with Gasteiger partial charge >= 0.3 is 0 Å². The van der Waals surface area contributed by atoms with Gasteiger partial charge in [0.25, 0.3) is 0 Å². The lowest BCUT2D eigenvalue weighted by molar-refractivity contribution is 0.0511. The third kappa shape index (κ3) is 2.64. The van der Waals surface area contributed by atoms with E-state index in [9.17, 15) is 0 Å². The van der Waals surface area contributed by atoms with Crippen molar-refractivity contribution in [2.45, 2.75) is 6.92 Å².